The van der Waals surface area contributed by atoms with Gasteiger partial charge in [0.2, 0.25) is 0 Å². The van der Waals surface area contributed by atoms with E-state index >= 15 is 0 Å². The lowest BCUT2D eigenvalue weighted by Gasteiger charge is -2.11. The van der Waals surface area contributed by atoms with Crippen molar-refractivity contribution in [2.75, 3.05) is 17.7 Å². The summed E-state index contributed by atoms with van der Waals surface area (Å²) in [6, 6.07) is 16.1. The maximum atomic E-state index is 12.5. The molecule has 2 amide bonds. The standard InChI is InChI=1S/C21H19N3O3/c1-14-7-3-4-8-17(14)23-20(25)15-11-16(13-22-12-15)21(26)24-18-9-5-6-10-19(18)27-2/h3-13H,1-2H3,(H,23,25)(H,24,26). The van der Waals surface area contributed by atoms with Gasteiger partial charge in [-0.15, -0.1) is 0 Å². The van der Waals surface area contributed by atoms with Gasteiger partial charge >= 0.3 is 0 Å². The van der Waals surface area contributed by atoms with Gasteiger partial charge in [-0.1, -0.05) is 30.3 Å². The summed E-state index contributed by atoms with van der Waals surface area (Å²) < 4.78 is 5.23. The van der Waals surface area contributed by atoms with Gasteiger partial charge in [-0.2, -0.15) is 0 Å². The van der Waals surface area contributed by atoms with Crippen molar-refractivity contribution in [2.24, 2.45) is 0 Å². The number of para-hydroxylation sites is 3. The molecule has 0 saturated heterocycles. The molecule has 0 bridgehead atoms. The Bertz CT molecular complexity index is 986. The van der Waals surface area contributed by atoms with Crippen molar-refractivity contribution < 1.29 is 14.3 Å². The van der Waals surface area contributed by atoms with Gasteiger partial charge in [-0.05, 0) is 36.8 Å². The summed E-state index contributed by atoms with van der Waals surface area (Å²) in [5.41, 5.74) is 2.78. The van der Waals surface area contributed by atoms with Crippen molar-refractivity contribution >= 4 is 23.2 Å². The number of hydrogen-bond acceptors (Lipinski definition) is 4. The fourth-order valence-corrected chi connectivity index (χ4v) is 2.54. The highest BCUT2D eigenvalue weighted by Crippen LogP contribution is 2.23. The molecule has 0 saturated carbocycles. The molecule has 136 valence electrons. The SMILES string of the molecule is COc1ccccc1NC(=O)c1cncc(C(=O)Nc2ccccc2C)c1. The molecule has 0 radical (unpaired) electrons. The molecular formula is C21H19N3O3. The molecule has 2 N–H and O–H groups in total. The van der Waals surface area contributed by atoms with Gasteiger partial charge in [0.15, 0.2) is 0 Å². The second-order valence-electron chi connectivity index (χ2n) is 5.89. The van der Waals surface area contributed by atoms with Crippen molar-refractivity contribution in [3.05, 3.63) is 83.7 Å². The van der Waals surface area contributed by atoms with Gasteiger partial charge < -0.3 is 15.4 Å². The highest BCUT2D eigenvalue weighted by Gasteiger charge is 2.14. The molecule has 0 atom stereocenters. The van der Waals surface area contributed by atoms with E-state index in [0.29, 0.717) is 22.7 Å². The van der Waals surface area contributed by atoms with Crippen LogP contribution >= 0.6 is 0 Å². The summed E-state index contributed by atoms with van der Waals surface area (Å²) in [5, 5.41) is 5.60. The molecule has 0 aliphatic heterocycles. The first-order valence-corrected chi connectivity index (χ1v) is 8.35. The molecule has 2 aromatic carbocycles. The number of carbonyl (C=O) groups is 2. The minimum absolute atomic E-state index is 0.276. The Morgan fingerprint density at radius 2 is 1.41 bits per heavy atom. The summed E-state index contributed by atoms with van der Waals surface area (Å²) in [6.07, 6.45) is 2.84. The van der Waals surface area contributed by atoms with Crippen LogP contribution in [-0.2, 0) is 0 Å². The number of nitrogens with zero attached hydrogens (tertiary/aromatic N) is 1. The number of methoxy groups -OCH3 is 1. The van der Waals surface area contributed by atoms with Crippen LogP contribution in [0.25, 0.3) is 0 Å². The molecule has 6 heteroatoms. The Morgan fingerprint density at radius 3 is 2.04 bits per heavy atom. The van der Waals surface area contributed by atoms with Crippen LogP contribution in [0.5, 0.6) is 5.75 Å². The van der Waals surface area contributed by atoms with E-state index < -0.39 is 0 Å². The van der Waals surface area contributed by atoms with E-state index in [1.807, 2.05) is 37.3 Å². The predicted octanol–water partition coefficient (Wildman–Crippen LogP) is 3.90. The fourth-order valence-electron chi connectivity index (χ4n) is 2.54. The summed E-state index contributed by atoms with van der Waals surface area (Å²) in [6.45, 7) is 1.91. The number of aromatic nitrogens is 1. The second-order valence-corrected chi connectivity index (χ2v) is 5.89. The van der Waals surface area contributed by atoms with Gasteiger partial charge in [0.05, 0.1) is 23.9 Å². The topological polar surface area (TPSA) is 80.3 Å². The molecule has 0 aliphatic carbocycles. The monoisotopic (exact) mass is 361 g/mol. The summed E-state index contributed by atoms with van der Waals surface area (Å²) in [4.78, 5) is 29.1. The number of carbonyl (C=O) groups excluding carboxylic acids is 2. The molecule has 3 aromatic rings. The lowest BCUT2D eigenvalue weighted by Crippen LogP contribution is -2.16. The molecule has 1 heterocycles. The number of ether oxygens (including phenoxy) is 1. The predicted molar refractivity (Wildman–Crippen MR) is 104 cm³/mol. The van der Waals surface area contributed by atoms with Crippen molar-refractivity contribution in [1.29, 1.82) is 0 Å². The van der Waals surface area contributed by atoms with Gasteiger partial charge in [0.1, 0.15) is 5.75 Å². The molecule has 0 unspecified atom stereocenters. The number of anilines is 2. The number of rotatable bonds is 5. The van der Waals surface area contributed by atoms with Crippen LogP contribution in [0.3, 0.4) is 0 Å². The number of pyridine rings is 1. The highest BCUT2D eigenvalue weighted by atomic mass is 16.5. The molecule has 0 fully saturated rings. The maximum Gasteiger partial charge on any atom is 0.257 e. The van der Waals surface area contributed by atoms with Gasteiger partial charge in [-0.25, -0.2) is 0 Å². The zero-order chi connectivity index (χ0) is 19.2. The molecule has 6 nitrogen and oxygen atoms in total. The van der Waals surface area contributed by atoms with Gasteiger partial charge in [0, 0.05) is 18.1 Å². The number of hydrogen-bond donors (Lipinski definition) is 2. The highest BCUT2D eigenvalue weighted by molar-refractivity contribution is 6.08. The van der Waals surface area contributed by atoms with Crippen LogP contribution in [-0.4, -0.2) is 23.9 Å². The van der Waals surface area contributed by atoms with Crippen molar-refractivity contribution in [3.63, 3.8) is 0 Å². The van der Waals surface area contributed by atoms with E-state index in [2.05, 4.69) is 15.6 Å². The summed E-state index contributed by atoms with van der Waals surface area (Å²) in [7, 11) is 1.53. The average molecular weight is 361 g/mol. The van der Waals surface area contributed by atoms with E-state index in [-0.39, 0.29) is 17.4 Å². The summed E-state index contributed by atoms with van der Waals surface area (Å²) >= 11 is 0. The average Bonchev–Trinajstić information content (AvgIpc) is 2.70. The molecule has 1 aromatic heterocycles. The maximum absolute atomic E-state index is 12.5. The molecule has 3 rings (SSSR count). The van der Waals surface area contributed by atoms with Crippen LogP contribution < -0.4 is 15.4 Å². The Morgan fingerprint density at radius 1 is 0.852 bits per heavy atom. The second kappa shape index (κ2) is 8.14. The van der Waals surface area contributed by atoms with Gasteiger partial charge in [0.25, 0.3) is 11.8 Å². The van der Waals surface area contributed by atoms with Crippen molar-refractivity contribution in [3.8, 4) is 5.75 Å². The fraction of sp³-hybridized carbons (Fsp3) is 0.0952. The minimum Gasteiger partial charge on any atom is -0.495 e. The molecular weight excluding hydrogens is 342 g/mol. The van der Waals surface area contributed by atoms with E-state index in [1.54, 1.807) is 18.2 Å². The van der Waals surface area contributed by atoms with Crippen LogP contribution in [0.2, 0.25) is 0 Å². The minimum atomic E-state index is -0.377. The quantitative estimate of drug-likeness (QED) is 0.722. The van der Waals surface area contributed by atoms with E-state index in [9.17, 15) is 9.59 Å². The third-order valence-electron chi connectivity index (χ3n) is 4.01. The number of amides is 2. The van der Waals surface area contributed by atoms with Crippen LogP contribution in [0.1, 0.15) is 26.3 Å². The molecule has 0 spiro atoms. The summed E-state index contributed by atoms with van der Waals surface area (Å²) in [5.74, 6) is -0.159. The zero-order valence-corrected chi connectivity index (χ0v) is 15.0. The van der Waals surface area contributed by atoms with Crippen LogP contribution in [0.15, 0.2) is 67.0 Å². The Labute approximate surface area is 157 Å². The van der Waals surface area contributed by atoms with E-state index in [0.717, 1.165) is 5.56 Å². The Hall–Kier alpha value is -3.67. The third kappa shape index (κ3) is 4.30. The van der Waals surface area contributed by atoms with E-state index in [4.69, 9.17) is 4.74 Å². The lowest BCUT2D eigenvalue weighted by molar-refractivity contribution is 0.102. The first-order valence-electron chi connectivity index (χ1n) is 8.35. The largest absolute Gasteiger partial charge is 0.495 e. The Balaban J connectivity index is 1.77. The first kappa shape index (κ1) is 18.1. The Kier molecular flexibility index (Phi) is 5.47. The van der Waals surface area contributed by atoms with Gasteiger partial charge in [-0.3, -0.25) is 14.6 Å². The molecule has 27 heavy (non-hydrogen) atoms. The van der Waals surface area contributed by atoms with Crippen molar-refractivity contribution in [1.82, 2.24) is 4.98 Å². The zero-order valence-electron chi connectivity index (χ0n) is 15.0. The normalized spacial score (nSPS) is 10.1. The number of benzene rings is 2. The number of aryl methyl sites for hydroxylation is 1. The van der Waals surface area contributed by atoms with Crippen LogP contribution in [0.4, 0.5) is 11.4 Å². The third-order valence-corrected chi connectivity index (χ3v) is 4.01. The first-order chi connectivity index (χ1) is 13.1. The van der Waals surface area contributed by atoms with Crippen LogP contribution in [0, 0.1) is 6.92 Å². The smallest absolute Gasteiger partial charge is 0.257 e. The molecule has 0 aliphatic rings. The lowest BCUT2D eigenvalue weighted by atomic mass is 10.1. The number of nitrogens with one attached hydrogen (secondary N) is 2. The van der Waals surface area contributed by atoms with Crippen molar-refractivity contribution in [2.45, 2.75) is 6.92 Å². The van der Waals surface area contributed by atoms with E-state index in [1.165, 1.54) is 25.6 Å².